The van der Waals surface area contributed by atoms with Crippen molar-refractivity contribution in [2.75, 3.05) is 20.2 Å². The van der Waals surface area contributed by atoms with Crippen LogP contribution in [0.1, 0.15) is 30.3 Å². The van der Waals surface area contributed by atoms with E-state index in [0.29, 0.717) is 5.95 Å². The molecule has 1 fully saturated rings. The van der Waals surface area contributed by atoms with Crippen molar-refractivity contribution >= 4 is 5.97 Å². The fourth-order valence-corrected chi connectivity index (χ4v) is 1.89. The van der Waals surface area contributed by atoms with Gasteiger partial charge in [-0.05, 0) is 38.9 Å². The summed E-state index contributed by atoms with van der Waals surface area (Å²) >= 11 is 0. The molecule has 5 heteroatoms. The average Bonchev–Trinajstić information content (AvgIpc) is 2.76. The van der Waals surface area contributed by atoms with Gasteiger partial charge < -0.3 is 19.2 Å². The van der Waals surface area contributed by atoms with Crippen LogP contribution < -0.4 is 10.1 Å². The van der Waals surface area contributed by atoms with E-state index in [0.717, 1.165) is 25.9 Å². The average molecular weight is 239 g/mol. The van der Waals surface area contributed by atoms with Gasteiger partial charge in [-0.25, -0.2) is 4.79 Å². The van der Waals surface area contributed by atoms with E-state index < -0.39 is 5.97 Å². The third-order valence-corrected chi connectivity index (χ3v) is 2.98. The van der Waals surface area contributed by atoms with Crippen LogP contribution in [-0.2, 0) is 4.74 Å². The predicted octanol–water partition coefficient (Wildman–Crippen LogP) is 1.59. The lowest BCUT2D eigenvalue weighted by molar-refractivity contribution is 0.0275. The summed E-state index contributed by atoms with van der Waals surface area (Å²) in [6.07, 6.45) is 1.84. The minimum absolute atomic E-state index is 0.167. The van der Waals surface area contributed by atoms with Crippen molar-refractivity contribution in [3.63, 3.8) is 0 Å². The van der Waals surface area contributed by atoms with Gasteiger partial charge in [0.15, 0.2) is 0 Å². The molecule has 1 N–H and O–H groups in total. The molecule has 94 valence electrons. The van der Waals surface area contributed by atoms with Crippen LogP contribution in [0.5, 0.6) is 5.95 Å². The summed E-state index contributed by atoms with van der Waals surface area (Å²) in [7, 11) is 1.32. The number of rotatable bonds is 3. The fraction of sp³-hybridized carbons (Fsp3) is 0.583. The zero-order chi connectivity index (χ0) is 12.3. The van der Waals surface area contributed by atoms with Crippen LogP contribution in [0.15, 0.2) is 16.5 Å². The normalized spacial score (nSPS) is 18.7. The Morgan fingerprint density at radius 2 is 2.12 bits per heavy atom. The Balaban J connectivity index is 2.03. The number of carbonyl (C=O) groups is 1. The Morgan fingerprint density at radius 3 is 2.76 bits per heavy atom. The van der Waals surface area contributed by atoms with Crippen LogP contribution in [0.25, 0.3) is 0 Å². The highest BCUT2D eigenvalue weighted by Gasteiger charge is 2.30. The van der Waals surface area contributed by atoms with E-state index in [1.54, 1.807) is 12.1 Å². The molecule has 0 saturated carbocycles. The molecule has 1 aliphatic rings. The number of piperidine rings is 1. The molecular formula is C12H17NO4. The highest BCUT2D eigenvalue weighted by atomic mass is 16.6. The van der Waals surface area contributed by atoms with Gasteiger partial charge in [-0.15, -0.1) is 0 Å². The summed E-state index contributed by atoms with van der Waals surface area (Å²) in [4.78, 5) is 11.2. The third-order valence-electron chi connectivity index (χ3n) is 2.98. The van der Waals surface area contributed by atoms with Crippen molar-refractivity contribution in [3.8, 4) is 5.95 Å². The minimum Gasteiger partial charge on any atom is -0.463 e. The monoisotopic (exact) mass is 239 g/mol. The van der Waals surface area contributed by atoms with Gasteiger partial charge in [0, 0.05) is 6.07 Å². The first-order valence-electron chi connectivity index (χ1n) is 5.71. The molecule has 0 bridgehead atoms. The smallest absolute Gasteiger partial charge is 0.374 e. The highest BCUT2D eigenvalue weighted by molar-refractivity contribution is 5.86. The number of hydrogen-bond acceptors (Lipinski definition) is 5. The number of ether oxygens (including phenoxy) is 2. The second kappa shape index (κ2) is 4.79. The Kier molecular flexibility index (Phi) is 3.38. The lowest BCUT2D eigenvalue weighted by Crippen LogP contribution is -2.43. The molecule has 0 atom stereocenters. The first-order valence-corrected chi connectivity index (χ1v) is 5.71. The molecule has 2 heterocycles. The quantitative estimate of drug-likeness (QED) is 0.811. The molecule has 0 aliphatic carbocycles. The maximum atomic E-state index is 11.2. The minimum atomic E-state index is -0.490. The molecule has 1 aliphatic heterocycles. The third kappa shape index (κ3) is 2.79. The van der Waals surface area contributed by atoms with E-state index in [2.05, 4.69) is 10.1 Å². The topological polar surface area (TPSA) is 60.7 Å². The lowest BCUT2D eigenvalue weighted by atomic mass is 9.95. The summed E-state index contributed by atoms with van der Waals surface area (Å²) < 4.78 is 15.7. The summed E-state index contributed by atoms with van der Waals surface area (Å²) in [5.41, 5.74) is -0.226. The summed E-state index contributed by atoms with van der Waals surface area (Å²) in [6, 6.07) is 3.21. The van der Waals surface area contributed by atoms with Gasteiger partial charge in [-0.1, -0.05) is 0 Å². The summed E-state index contributed by atoms with van der Waals surface area (Å²) in [5.74, 6) is 0.0464. The zero-order valence-corrected chi connectivity index (χ0v) is 10.1. The lowest BCUT2D eigenvalue weighted by Gasteiger charge is -2.33. The standard InChI is InChI=1S/C12H17NO4/c1-12(5-7-13-8-6-12)17-10-4-3-9(16-10)11(14)15-2/h3-4,13H,5-8H2,1-2H3. The van der Waals surface area contributed by atoms with Crippen LogP contribution in [0.4, 0.5) is 0 Å². The van der Waals surface area contributed by atoms with Crippen LogP contribution in [0.3, 0.4) is 0 Å². The van der Waals surface area contributed by atoms with E-state index in [9.17, 15) is 4.79 Å². The Morgan fingerprint density at radius 1 is 1.41 bits per heavy atom. The first-order chi connectivity index (χ1) is 8.13. The molecule has 0 spiro atoms. The molecule has 0 radical (unpaired) electrons. The van der Waals surface area contributed by atoms with Crippen molar-refractivity contribution in [1.82, 2.24) is 5.32 Å². The predicted molar refractivity (Wildman–Crippen MR) is 61.2 cm³/mol. The number of methoxy groups -OCH3 is 1. The van der Waals surface area contributed by atoms with E-state index in [1.165, 1.54) is 7.11 Å². The highest BCUT2D eigenvalue weighted by Crippen LogP contribution is 2.27. The van der Waals surface area contributed by atoms with Crippen LogP contribution in [0.2, 0.25) is 0 Å². The molecule has 0 unspecified atom stereocenters. The fourth-order valence-electron chi connectivity index (χ4n) is 1.89. The molecule has 17 heavy (non-hydrogen) atoms. The van der Waals surface area contributed by atoms with Crippen molar-refractivity contribution in [2.45, 2.75) is 25.4 Å². The molecule has 1 saturated heterocycles. The van der Waals surface area contributed by atoms with E-state index >= 15 is 0 Å². The zero-order valence-electron chi connectivity index (χ0n) is 10.1. The van der Waals surface area contributed by atoms with Gasteiger partial charge in [0.25, 0.3) is 5.95 Å². The number of esters is 1. The van der Waals surface area contributed by atoms with Gasteiger partial charge in [0.1, 0.15) is 5.60 Å². The van der Waals surface area contributed by atoms with Gasteiger partial charge >= 0.3 is 5.97 Å². The van der Waals surface area contributed by atoms with Crippen LogP contribution in [0, 0.1) is 0 Å². The molecule has 1 aromatic heterocycles. The van der Waals surface area contributed by atoms with Crippen molar-refractivity contribution in [2.24, 2.45) is 0 Å². The van der Waals surface area contributed by atoms with Gasteiger partial charge in [0.2, 0.25) is 5.76 Å². The number of nitrogens with one attached hydrogen (secondary N) is 1. The molecule has 1 aromatic rings. The molecular weight excluding hydrogens is 222 g/mol. The van der Waals surface area contributed by atoms with E-state index in [-0.39, 0.29) is 11.4 Å². The summed E-state index contributed by atoms with van der Waals surface area (Å²) in [5, 5.41) is 3.27. The van der Waals surface area contributed by atoms with Crippen LogP contribution in [-0.4, -0.2) is 31.8 Å². The second-order valence-electron chi connectivity index (χ2n) is 4.41. The molecule has 2 rings (SSSR count). The number of furan rings is 1. The van der Waals surface area contributed by atoms with Crippen molar-refractivity contribution < 1.29 is 18.7 Å². The van der Waals surface area contributed by atoms with Gasteiger partial charge in [-0.3, -0.25) is 0 Å². The van der Waals surface area contributed by atoms with Crippen LogP contribution >= 0.6 is 0 Å². The number of carbonyl (C=O) groups excluding carboxylic acids is 1. The maximum Gasteiger partial charge on any atom is 0.374 e. The summed E-state index contributed by atoms with van der Waals surface area (Å²) in [6.45, 7) is 3.91. The molecule has 0 aromatic carbocycles. The molecule has 5 nitrogen and oxygen atoms in total. The van der Waals surface area contributed by atoms with Gasteiger partial charge in [0.05, 0.1) is 7.11 Å². The Hall–Kier alpha value is -1.49. The Bertz CT molecular complexity index is 393. The van der Waals surface area contributed by atoms with E-state index in [1.807, 2.05) is 6.92 Å². The van der Waals surface area contributed by atoms with Crippen molar-refractivity contribution in [3.05, 3.63) is 17.9 Å². The number of hydrogen-bond donors (Lipinski definition) is 1. The Labute approximate surface area is 100 Å². The first kappa shape index (κ1) is 12.0. The van der Waals surface area contributed by atoms with Crippen molar-refractivity contribution in [1.29, 1.82) is 0 Å². The van der Waals surface area contributed by atoms with Gasteiger partial charge in [-0.2, -0.15) is 0 Å². The molecule has 0 amide bonds. The largest absolute Gasteiger partial charge is 0.463 e. The SMILES string of the molecule is COC(=O)c1ccc(OC2(C)CCNCC2)o1. The van der Waals surface area contributed by atoms with E-state index in [4.69, 9.17) is 9.15 Å². The maximum absolute atomic E-state index is 11.2. The second-order valence-corrected chi connectivity index (χ2v) is 4.41.